The Morgan fingerprint density at radius 1 is 1.21 bits per heavy atom. The third kappa shape index (κ3) is 5.61. The van der Waals surface area contributed by atoms with Gasteiger partial charge in [-0.15, -0.1) is 0 Å². The van der Waals surface area contributed by atoms with Crippen LogP contribution in [0.25, 0.3) is 0 Å². The number of likely N-dealkylation sites (N-methyl/N-ethyl adjacent to an activating group) is 1. The first kappa shape index (κ1) is 18.4. The van der Waals surface area contributed by atoms with Crippen LogP contribution in [0.15, 0.2) is 16.8 Å². The van der Waals surface area contributed by atoms with Crippen molar-refractivity contribution in [1.82, 2.24) is 20.4 Å². The van der Waals surface area contributed by atoms with Crippen molar-refractivity contribution in [3.8, 4) is 0 Å². The Labute approximate surface area is 146 Å². The summed E-state index contributed by atoms with van der Waals surface area (Å²) in [4.78, 5) is 39.2. The molecule has 1 aliphatic heterocycles. The largest absolute Gasteiger partial charge is 0.358 e. The Balaban J connectivity index is 1.60. The minimum atomic E-state index is -0.0912. The number of nitrogens with zero attached hydrogens (tertiary/aromatic N) is 2. The van der Waals surface area contributed by atoms with Crippen molar-refractivity contribution in [1.29, 1.82) is 0 Å². The van der Waals surface area contributed by atoms with Gasteiger partial charge in [-0.05, 0) is 17.9 Å². The fraction of sp³-hybridized carbons (Fsp3) is 0.562. The molecule has 0 aliphatic carbocycles. The lowest BCUT2D eigenvalue weighted by molar-refractivity contribution is -0.133. The molecule has 1 aromatic rings. The minimum Gasteiger partial charge on any atom is -0.358 e. The summed E-state index contributed by atoms with van der Waals surface area (Å²) in [6, 6.07) is 1.78. The van der Waals surface area contributed by atoms with Gasteiger partial charge in [0.1, 0.15) is 0 Å². The van der Waals surface area contributed by atoms with Crippen molar-refractivity contribution in [3.63, 3.8) is 0 Å². The van der Waals surface area contributed by atoms with Crippen molar-refractivity contribution in [3.05, 3.63) is 22.4 Å². The molecule has 2 N–H and O–H groups in total. The summed E-state index contributed by atoms with van der Waals surface area (Å²) in [5.41, 5.74) is 0.665. The predicted molar refractivity (Wildman–Crippen MR) is 93.0 cm³/mol. The average Bonchev–Trinajstić information content (AvgIpc) is 3.13. The summed E-state index contributed by atoms with van der Waals surface area (Å²) in [6.07, 6.45) is 1.06. The number of hydrogen-bond donors (Lipinski definition) is 2. The molecule has 1 aromatic heterocycles. The zero-order valence-corrected chi connectivity index (χ0v) is 14.7. The zero-order valence-electron chi connectivity index (χ0n) is 13.9. The fourth-order valence-corrected chi connectivity index (χ4v) is 3.17. The highest BCUT2D eigenvalue weighted by Crippen LogP contribution is 2.06. The molecular weight excluding hydrogens is 328 g/mol. The first-order chi connectivity index (χ1) is 11.6. The molecule has 3 amide bonds. The van der Waals surface area contributed by atoms with E-state index in [0.717, 1.165) is 0 Å². The van der Waals surface area contributed by atoms with Crippen LogP contribution in [0.2, 0.25) is 0 Å². The van der Waals surface area contributed by atoms with Crippen LogP contribution in [0.5, 0.6) is 0 Å². The van der Waals surface area contributed by atoms with Gasteiger partial charge in [0.25, 0.3) is 5.91 Å². The Hall–Kier alpha value is -1.93. The highest BCUT2D eigenvalue weighted by Gasteiger charge is 2.21. The molecule has 0 saturated carbocycles. The van der Waals surface area contributed by atoms with E-state index in [1.807, 2.05) is 15.2 Å². The van der Waals surface area contributed by atoms with Gasteiger partial charge in [-0.3, -0.25) is 19.3 Å². The highest BCUT2D eigenvalue weighted by atomic mass is 32.1. The summed E-state index contributed by atoms with van der Waals surface area (Å²) in [6.45, 7) is 3.61. The number of nitrogens with one attached hydrogen (secondary N) is 2. The number of thiophene rings is 1. The second-order valence-electron chi connectivity index (χ2n) is 5.70. The van der Waals surface area contributed by atoms with Gasteiger partial charge in [0.05, 0.1) is 6.54 Å². The topological polar surface area (TPSA) is 81.8 Å². The standard InChI is InChI=1S/C16H24N4O3S/c1-17-14(21)11-19-6-8-20(9-7-19)15(22)3-2-5-18-16(23)13-4-10-24-12-13/h4,10,12H,2-3,5-9,11H2,1H3,(H,17,21)(H,18,23). The van der Waals surface area contributed by atoms with Crippen LogP contribution in [0.1, 0.15) is 23.2 Å². The number of rotatable bonds is 7. The van der Waals surface area contributed by atoms with E-state index in [1.54, 1.807) is 18.5 Å². The minimum absolute atomic E-state index is 0.00357. The van der Waals surface area contributed by atoms with E-state index in [2.05, 4.69) is 10.6 Å². The van der Waals surface area contributed by atoms with Gasteiger partial charge >= 0.3 is 0 Å². The number of carbonyl (C=O) groups is 3. The smallest absolute Gasteiger partial charge is 0.252 e. The molecule has 1 fully saturated rings. The third-order valence-corrected chi connectivity index (χ3v) is 4.69. The number of amides is 3. The van der Waals surface area contributed by atoms with Gasteiger partial charge in [-0.1, -0.05) is 0 Å². The molecule has 0 atom stereocenters. The molecule has 2 rings (SSSR count). The summed E-state index contributed by atoms with van der Waals surface area (Å²) in [5, 5.41) is 9.10. The van der Waals surface area contributed by atoms with Crippen LogP contribution in [-0.2, 0) is 9.59 Å². The molecule has 8 heteroatoms. The van der Waals surface area contributed by atoms with Crippen molar-refractivity contribution >= 4 is 29.1 Å². The molecule has 0 spiro atoms. The second kappa shape index (κ2) is 9.39. The SMILES string of the molecule is CNC(=O)CN1CCN(C(=O)CCCNC(=O)c2ccsc2)CC1. The van der Waals surface area contributed by atoms with Gasteiger partial charge in [-0.25, -0.2) is 0 Å². The molecule has 2 heterocycles. The first-order valence-corrected chi connectivity index (χ1v) is 9.05. The van der Waals surface area contributed by atoms with Crippen molar-refractivity contribution < 1.29 is 14.4 Å². The quantitative estimate of drug-likeness (QED) is 0.685. The first-order valence-electron chi connectivity index (χ1n) is 8.11. The van der Waals surface area contributed by atoms with Crippen LogP contribution < -0.4 is 10.6 Å². The number of hydrogen-bond acceptors (Lipinski definition) is 5. The van der Waals surface area contributed by atoms with E-state index in [0.29, 0.717) is 57.7 Å². The summed E-state index contributed by atoms with van der Waals surface area (Å²) in [7, 11) is 1.62. The Morgan fingerprint density at radius 2 is 1.96 bits per heavy atom. The maximum absolute atomic E-state index is 12.2. The fourth-order valence-electron chi connectivity index (χ4n) is 2.53. The summed E-state index contributed by atoms with van der Waals surface area (Å²) in [5.74, 6) is 0.0158. The molecule has 7 nitrogen and oxygen atoms in total. The maximum atomic E-state index is 12.2. The Kier molecular flexibility index (Phi) is 7.20. The molecule has 1 aliphatic rings. The van der Waals surface area contributed by atoms with E-state index < -0.39 is 0 Å². The van der Waals surface area contributed by atoms with Crippen LogP contribution in [0, 0.1) is 0 Å². The van der Waals surface area contributed by atoms with Crippen molar-refractivity contribution in [2.45, 2.75) is 12.8 Å². The maximum Gasteiger partial charge on any atom is 0.252 e. The van der Waals surface area contributed by atoms with Gasteiger partial charge in [0, 0.05) is 57.1 Å². The molecule has 0 unspecified atom stereocenters. The van der Waals surface area contributed by atoms with E-state index in [9.17, 15) is 14.4 Å². The van der Waals surface area contributed by atoms with Gasteiger partial charge < -0.3 is 15.5 Å². The van der Waals surface area contributed by atoms with Gasteiger partial charge in [-0.2, -0.15) is 11.3 Å². The molecule has 24 heavy (non-hydrogen) atoms. The highest BCUT2D eigenvalue weighted by molar-refractivity contribution is 7.08. The van der Waals surface area contributed by atoms with Gasteiger partial charge in [0.2, 0.25) is 11.8 Å². The normalized spacial score (nSPS) is 15.1. The second-order valence-corrected chi connectivity index (χ2v) is 6.48. The van der Waals surface area contributed by atoms with Crippen LogP contribution in [0.4, 0.5) is 0 Å². The number of piperazine rings is 1. The molecule has 1 saturated heterocycles. The summed E-state index contributed by atoms with van der Waals surface area (Å²) < 4.78 is 0. The van der Waals surface area contributed by atoms with Crippen molar-refractivity contribution in [2.24, 2.45) is 0 Å². The van der Waals surface area contributed by atoms with E-state index in [-0.39, 0.29) is 17.7 Å². The van der Waals surface area contributed by atoms with Crippen LogP contribution in [0.3, 0.4) is 0 Å². The number of carbonyl (C=O) groups excluding carboxylic acids is 3. The third-order valence-electron chi connectivity index (χ3n) is 4.01. The van der Waals surface area contributed by atoms with E-state index in [4.69, 9.17) is 0 Å². The Morgan fingerprint density at radius 3 is 2.58 bits per heavy atom. The summed E-state index contributed by atoms with van der Waals surface area (Å²) >= 11 is 1.49. The monoisotopic (exact) mass is 352 g/mol. The van der Waals surface area contributed by atoms with Crippen LogP contribution in [-0.4, -0.2) is 73.8 Å². The molecule has 0 radical (unpaired) electrons. The lowest BCUT2D eigenvalue weighted by Crippen LogP contribution is -2.50. The molecular formula is C16H24N4O3S. The lowest BCUT2D eigenvalue weighted by atomic mass is 10.2. The average molecular weight is 352 g/mol. The molecule has 0 aromatic carbocycles. The van der Waals surface area contributed by atoms with E-state index in [1.165, 1.54) is 11.3 Å². The zero-order chi connectivity index (χ0) is 17.4. The van der Waals surface area contributed by atoms with E-state index >= 15 is 0 Å². The Bertz CT molecular complexity index is 554. The molecule has 0 bridgehead atoms. The van der Waals surface area contributed by atoms with Crippen LogP contribution >= 0.6 is 11.3 Å². The molecule has 132 valence electrons. The van der Waals surface area contributed by atoms with Gasteiger partial charge in [0.15, 0.2) is 0 Å². The lowest BCUT2D eigenvalue weighted by Gasteiger charge is -2.34. The predicted octanol–water partition coefficient (Wildman–Crippen LogP) is 0.148. The van der Waals surface area contributed by atoms with Crippen molar-refractivity contribution in [2.75, 3.05) is 46.3 Å².